The van der Waals surface area contributed by atoms with Crippen molar-refractivity contribution in [1.29, 1.82) is 0 Å². The molecule has 0 saturated carbocycles. The number of rotatable bonds is 5. The van der Waals surface area contributed by atoms with Crippen LogP contribution in [0, 0.1) is 0 Å². The van der Waals surface area contributed by atoms with Gasteiger partial charge in [-0.05, 0) is 11.6 Å². The molecule has 0 unspecified atom stereocenters. The first kappa shape index (κ1) is 12.3. The van der Waals surface area contributed by atoms with Gasteiger partial charge in [0.05, 0.1) is 12.1 Å². The summed E-state index contributed by atoms with van der Waals surface area (Å²) in [7, 11) is 1.86. The number of carboxylic acids is 1. The number of carbonyl (C=O) groups is 1. The first-order chi connectivity index (χ1) is 8.68. The Balaban J connectivity index is 1.99. The molecule has 6 heteroatoms. The highest BCUT2D eigenvalue weighted by atomic mass is 16.4. The molecule has 2 aromatic rings. The van der Waals surface area contributed by atoms with E-state index in [1.807, 2.05) is 17.7 Å². The Morgan fingerprint density at radius 3 is 2.83 bits per heavy atom. The fraction of sp³-hybridized carbons (Fsp3) is 0.250. The Morgan fingerprint density at radius 1 is 1.39 bits per heavy atom. The fourth-order valence-electron chi connectivity index (χ4n) is 1.66. The van der Waals surface area contributed by atoms with Crippen LogP contribution in [-0.2, 0) is 20.1 Å². The van der Waals surface area contributed by atoms with Crippen LogP contribution in [0.15, 0.2) is 30.6 Å². The second-order valence-electron chi connectivity index (χ2n) is 3.92. The molecule has 0 fully saturated rings. The molecule has 0 aliphatic heterocycles. The van der Waals surface area contributed by atoms with Crippen LogP contribution < -0.4 is 5.32 Å². The van der Waals surface area contributed by atoms with E-state index >= 15 is 0 Å². The lowest BCUT2D eigenvalue weighted by Crippen LogP contribution is -2.17. The van der Waals surface area contributed by atoms with Crippen molar-refractivity contribution in [3.05, 3.63) is 47.5 Å². The van der Waals surface area contributed by atoms with Crippen molar-refractivity contribution in [2.75, 3.05) is 0 Å². The van der Waals surface area contributed by atoms with Gasteiger partial charge in [-0.1, -0.05) is 18.2 Å². The molecular weight excluding hydrogens is 232 g/mol. The molecule has 0 atom stereocenters. The fourth-order valence-corrected chi connectivity index (χ4v) is 1.66. The van der Waals surface area contributed by atoms with E-state index in [4.69, 9.17) is 5.11 Å². The van der Waals surface area contributed by atoms with Crippen LogP contribution >= 0.6 is 0 Å². The van der Waals surface area contributed by atoms with Crippen molar-refractivity contribution < 1.29 is 9.90 Å². The number of nitrogens with zero attached hydrogens (tertiary/aromatic N) is 3. The molecule has 0 bridgehead atoms. The second-order valence-corrected chi connectivity index (χ2v) is 3.92. The first-order valence-corrected chi connectivity index (χ1v) is 5.53. The summed E-state index contributed by atoms with van der Waals surface area (Å²) in [6, 6.07) is 6.94. The molecule has 0 amide bonds. The Kier molecular flexibility index (Phi) is 3.69. The maximum absolute atomic E-state index is 11.0. The normalized spacial score (nSPS) is 10.5. The molecule has 0 saturated heterocycles. The van der Waals surface area contributed by atoms with E-state index in [2.05, 4.69) is 15.5 Å². The summed E-state index contributed by atoms with van der Waals surface area (Å²) in [6.07, 6.45) is 1.63. The standard InChI is InChI=1S/C12H14N4O2/c1-16-8-14-15-11(16)7-13-6-9-4-2-3-5-10(9)12(17)18/h2-5,8,13H,6-7H2,1H3,(H,17,18). The number of hydrogen-bond donors (Lipinski definition) is 2. The molecule has 0 aliphatic rings. The molecule has 0 radical (unpaired) electrons. The molecule has 2 N–H and O–H groups in total. The number of nitrogens with one attached hydrogen (secondary N) is 1. The zero-order valence-electron chi connectivity index (χ0n) is 10.00. The summed E-state index contributed by atoms with van der Waals surface area (Å²) in [5.41, 5.74) is 1.08. The molecule has 0 aliphatic carbocycles. The highest BCUT2D eigenvalue weighted by molar-refractivity contribution is 5.89. The van der Waals surface area contributed by atoms with E-state index in [-0.39, 0.29) is 0 Å². The summed E-state index contributed by atoms with van der Waals surface area (Å²) in [5, 5.41) is 19.9. The van der Waals surface area contributed by atoms with E-state index in [0.29, 0.717) is 18.7 Å². The lowest BCUT2D eigenvalue weighted by atomic mass is 10.1. The van der Waals surface area contributed by atoms with E-state index in [1.54, 1.807) is 24.5 Å². The van der Waals surface area contributed by atoms with E-state index in [1.165, 1.54) is 0 Å². The molecular formula is C12H14N4O2. The second kappa shape index (κ2) is 5.42. The number of hydrogen-bond acceptors (Lipinski definition) is 4. The maximum atomic E-state index is 11.0. The summed E-state index contributed by atoms with van der Waals surface area (Å²) in [5.74, 6) is -0.103. The number of benzene rings is 1. The zero-order valence-corrected chi connectivity index (χ0v) is 10.00. The highest BCUT2D eigenvalue weighted by Gasteiger charge is 2.08. The summed E-state index contributed by atoms with van der Waals surface area (Å²) < 4.78 is 1.82. The molecule has 2 rings (SSSR count). The predicted molar refractivity (Wildman–Crippen MR) is 64.9 cm³/mol. The van der Waals surface area contributed by atoms with Gasteiger partial charge in [0, 0.05) is 13.6 Å². The van der Waals surface area contributed by atoms with Crippen LogP contribution in [-0.4, -0.2) is 25.8 Å². The van der Waals surface area contributed by atoms with Gasteiger partial charge in [0.1, 0.15) is 12.2 Å². The van der Waals surface area contributed by atoms with E-state index < -0.39 is 5.97 Å². The Bertz CT molecular complexity index is 551. The largest absolute Gasteiger partial charge is 0.478 e. The van der Waals surface area contributed by atoms with Gasteiger partial charge in [-0.25, -0.2) is 4.79 Å². The van der Waals surface area contributed by atoms with Crippen LogP contribution in [0.25, 0.3) is 0 Å². The number of aromatic carboxylic acids is 1. The molecule has 1 heterocycles. The number of aryl methyl sites for hydroxylation is 1. The SMILES string of the molecule is Cn1cnnc1CNCc1ccccc1C(=O)O. The van der Waals surface area contributed by atoms with Gasteiger partial charge in [-0.2, -0.15) is 0 Å². The minimum absolute atomic E-state index is 0.322. The lowest BCUT2D eigenvalue weighted by molar-refractivity contribution is 0.0695. The summed E-state index contributed by atoms with van der Waals surface area (Å²) >= 11 is 0. The van der Waals surface area contributed by atoms with Crippen molar-refractivity contribution in [3.63, 3.8) is 0 Å². The van der Waals surface area contributed by atoms with Gasteiger partial charge in [0.2, 0.25) is 0 Å². The molecule has 18 heavy (non-hydrogen) atoms. The predicted octanol–water partition coefficient (Wildman–Crippen LogP) is 0.803. The summed E-state index contributed by atoms with van der Waals surface area (Å²) in [6.45, 7) is 1.03. The smallest absolute Gasteiger partial charge is 0.336 e. The van der Waals surface area contributed by atoms with E-state index in [9.17, 15) is 4.79 Å². The highest BCUT2D eigenvalue weighted by Crippen LogP contribution is 2.08. The van der Waals surface area contributed by atoms with E-state index in [0.717, 1.165) is 11.4 Å². The Hall–Kier alpha value is -2.21. The van der Waals surface area contributed by atoms with Crippen molar-refractivity contribution in [2.45, 2.75) is 13.1 Å². The van der Waals surface area contributed by atoms with Gasteiger partial charge in [0.15, 0.2) is 0 Å². The first-order valence-electron chi connectivity index (χ1n) is 5.53. The third-order valence-corrected chi connectivity index (χ3v) is 2.65. The molecule has 94 valence electrons. The van der Waals surface area contributed by atoms with Crippen molar-refractivity contribution in [2.24, 2.45) is 7.05 Å². The van der Waals surface area contributed by atoms with Crippen LogP contribution in [0.2, 0.25) is 0 Å². The van der Waals surface area contributed by atoms with Gasteiger partial charge >= 0.3 is 5.97 Å². The lowest BCUT2D eigenvalue weighted by Gasteiger charge is -2.07. The zero-order chi connectivity index (χ0) is 13.0. The van der Waals surface area contributed by atoms with Gasteiger partial charge in [-0.15, -0.1) is 10.2 Å². The Morgan fingerprint density at radius 2 is 2.17 bits per heavy atom. The molecule has 0 spiro atoms. The third-order valence-electron chi connectivity index (χ3n) is 2.65. The monoisotopic (exact) mass is 246 g/mol. The summed E-state index contributed by atoms with van der Waals surface area (Å²) in [4.78, 5) is 11.0. The van der Waals surface area contributed by atoms with Crippen molar-refractivity contribution >= 4 is 5.97 Å². The molecule has 6 nitrogen and oxygen atoms in total. The van der Waals surface area contributed by atoms with Gasteiger partial charge in [0.25, 0.3) is 0 Å². The third kappa shape index (κ3) is 2.72. The van der Waals surface area contributed by atoms with Crippen LogP contribution in [0.3, 0.4) is 0 Å². The average Bonchev–Trinajstić information content (AvgIpc) is 2.76. The van der Waals surface area contributed by atoms with Crippen LogP contribution in [0.1, 0.15) is 21.7 Å². The quantitative estimate of drug-likeness (QED) is 0.815. The van der Waals surface area contributed by atoms with Crippen LogP contribution in [0.5, 0.6) is 0 Å². The minimum atomic E-state index is -0.911. The number of aromatic nitrogens is 3. The molecule has 1 aromatic carbocycles. The average molecular weight is 246 g/mol. The van der Waals surface area contributed by atoms with Crippen LogP contribution in [0.4, 0.5) is 0 Å². The minimum Gasteiger partial charge on any atom is -0.478 e. The molecule has 1 aromatic heterocycles. The number of carboxylic acid groups (broad SMARTS) is 1. The van der Waals surface area contributed by atoms with Gasteiger partial charge < -0.3 is 15.0 Å². The van der Waals surface area contributed by atoms with Crippen molar-refractivity contribution in [1.82, 2.24) is 20.1 Å². The Labute approximate surface area is 104 Å². The van der Waals surface area contributed by atoms with Gasteiger partial charge in [-0.3, -0.25) is 0 Å². The maximum Gasteiger partial charge on any atom is 0.336 e. The topological polar surface area (TPSA) is 80.0 Å². The van der Waals surface area contributed by atoms with Crippen molar-refractivity contribution in [3.8, 4) is 0 Å².